The molecule has 0 bridgehead atoms. The van der Waals surface area contributed by atoms with Crippen LogP contribution in [0.15, 0.2) is 49.8 Å². The molecule has 138 valence electrons. The zero-order valence-corrected chi connectivity index (χ0v) is 15.1. The molecular weight excluding hydrogens is 383 g/mol. The maximum atomic E-state index is 10.5. The minimum atomic E-state index is -0.630. The van der Waals surface area contributed by atoms with Crippen LogP contribution in [-0.2, 0) is 0 Å². The molecule has 2 N–H and O–H groups in total. The molecule has 0 saturated carbocycles. The van der Waals surface area contributed by atoms with E-state index in [1.807, 2.05) is 0 Å². The summed E-state index contributed by atoms with van der Waals surface area (Å²) in [4.78, 5) is 17.2. The number of hydrogen-bond donors (Lipinski definition) is 1. The molecule has 0 unspecified atom stereocenters. The molecule has 0 aromatic carbocycles. The Morgan fingerprint density at radius 1 is 1.08 bits per heavy atom. The summed E-state index contributed by atoms with van der Waals surface area (Å²) in [6.07, 6.45) is 5.77. The van der Waals surface area contributed by atoms with E-state index in [1.165, 1.54) is 24.5 Å². The Balaban J connectivity index is 0.000000263. The Morgan fingerprint density at radius 2 is 1.58 bits per heavy atom. The number of nitro groups is 1. The van der Waals surface area contributed by atoms with Crippen LogP contribution < -0.4 is 15.2 Å². The van der Waals surface area contributed by atoms with Crippen LogP contribution in [0.25, 0.3) is 0 Å². The van der Waals surface area contributed by atoms with Crippen molar-refractivity contribution in [3.63, 3.8) is 0 Å². The van der Waals surface area contributed by atoms with E-state index in [1.54, 1.807) is 12.1 Å². The first-order chi connectivity index (χ1) is 12.4. The summed E-state index contributed by atoms with van der Waals surface area (Å²) >= 11 is 11.3. The monoisotopic (exact) mass is 398 g/mol. The summed E-state index contributed by atoms with van der Waals surface area (Å²) < 4.78 is 10.2. The largest absolute Gasteiger partial charge is 0.486 e. The number of hydrogen-bond acceptors (Lipinski definition) is 7. The molecule has 0 aliphatic heterocycles. The number of rotatable bonds is 7. The lowest BCUT2D eigenvalue weighted by molar-refractivity contribution is -0.390. The molecule has 26 heavy (non-hydrogen) atoms. The highest BCUT2D eigenvalue weighted by molar-refractivity contribution is 6.30. The van der Waals surface area contributed by atoms with Gasteiger partial charge in [0.2, 0.25) is 5.75 Å². The molecule has 2 heterocycles. The second-order valence-corrected chi connectivity index (χ2v) is 5.34. The summed E-state index contributed by atoms with van der Waals surface area (Å²) in [5.41, 5.74) is 5.50. The number of pyridine rings is 2. The van der Waals surface area contributed by atoms with Gasteiger partial charge in [-0.1, -0.05) is 48.5 Å². The first kappa shape index (κ1) is 21.2. The lowest BCUT2D eigenvalue weighted by Crippen LogP contribution is -1.99. The minimum Gasteiger partial charge on any atom is -0.486 e. The molecular formula is C16H16Cl2N4O4. The Hall–Kier alpha value is -2.84. The first-order valence-electron chi connectivity index (χ1n) is 7.07. The van der Waals surface area contributed by atoms with Crippen molar-refractivity contribution in [1.82, 2.24) is 9.97 Å². The number of ether oxygens (including phenoxy) is 2. The summed E-state index contributed by atoms with van der Waals surface area (Å²) in [7, 11) is 0. The lowest BCUT2D eigenvalue weighted by Gasteiger charge is -2.05. The fourth-order valence-electron chi connectivity index (χ4n) is 1.50. The highest BCUT2D eigenvalue weighted by Gasteiger charge is 2.16. The summed E-state index contributed by atoms with van der Waals surface area (Å²) in [5.74, 6) is 0.516. The van der Waals surface area contributed by atoms with Gasteiger partial charge in [0, 0.05) is 18.3 Å². The van der Waals surface area contributed by atoms with E-state index < -0.39 is 4.92 Å². The lowest BCUT2D eigenvalue weighted by atomic mass is 10.4. The Morgan fingerprint density at radius 3 is 2.12 bits per heavy atom. The maximum absolute atomic E-state index is 10.5. The molecule has 0 atom stereocenters. The van der Waals surface area contributed by atoms with Crippen molar-refractivity contribution < 1.29 is 14.4 Å². The van der Waals surface area contributed by atoms with Gasteiger partial charge in [0.05, 0.1) is 10.0 Å². The Kier molecular flexibility index (Phi) is 8.90. The highest BCUT2D eigenvalue weighted by atomic mass is 35.5. The Labute approximate surface area is 160 Å². The summed E-state index contributed by atoms with van der Waals surface area (Å²) in [6.45, 7) is 7.50. The van der Waals surface area contributed by atoms with E-state index in [2.05, 4.69) is 23.1 Å². The van der Waals surface area contributed by atoms with Gasteiger partial charge < -0.3 is 25.3 Å². The third-order valence-electron chi connectivity index (χ3n) is 2.53. The quantitative estimate of drug-likeness (QED) is 0.424. The van der Waals surface area contributed by atoms with Crippen molar-refractivity contribution in [1.29, 1.82) is 0 Å². The van der Waals surface area contributed by atoms with E-state index in [0.29, 0.717) is 23.2 Å². The number of nitrogens with zero attached hydrogens (tertiary/aromatic N) is 3. The van der Waals surface area contributed by atoms with Crippen LogP contribution in [0.4, 0.5) is 11.6 Å². The molecule has 8 nitrogen and oxygen atoms in total. The molecule has 0 saturated heterocycles. The molecule has 0 amide bonds. The molecule has 2 aromatic heterocycles. The molecule has 0 spiro atoms. The van der Waals surface area contributed by atoms with Crippen LogP contribution >= 0.6 is 23.2 Å². The fourth-order valence-corrected chi connectivity index (χ4v) is 1.80. The van der Waals surface area contributed by atoms with Crippen molar-refractivity contribution >= 4 is 34.8 Å². The van der Waals surface area contributed by atoms with E-state index in [0.717, 1.165) is 0 Å². The van der Waals surface area contributed by atoms with E-state index >= 15 is 0 Å². The van der Waals surface area contributed by atoms with Gasteiger partial charge in [0.15, 0.2) is 17.8 Å². The smallest absolute Gasteiger partial charge is 0.406 e. The van der Waals surface area contributed by atoms with E-state index in [9.17, 15) is 10.1 Å². The van der Waals surface area contributed by atoms with Gasteiger partial charge in [0.1, 0.15) is 13.2 Å². The van der Waals surface area contributed by atoms with Crippen molar-refractivity contribution in [3.8, 4) is 11.5 Å². The normalized spacial score (nSPS) is 9.46. The molecule has 2 aromatic rings. The highest BCUT2D eigenvalue weighted by Crippen LogP contribution is 2.27. The van der Waals surface area contributed by atoms with Gasteiger partial charge in [-0.15, -0.1) is 0 Å². The topological polar surface area (TPSA) is 113 Å². The fraction of sp³-hybridized carbons (Fsp3) is 0.125. The van der Waals surface area contributed by atoms with Crippen molar-refractivity contribution in [3.05, 3.63) is 70.0 Å². The molecule has 0 aliphatic carbocycles. The predicted molar refractivity (Wildman–Crippen MR) is 101 cm³/mol. The predicted octanol–water partition coefficient (Wildman–Crippen LogP) is 4.09. The van der Waals surface area contributed by atoms with Crippen LogP contribution in [-0.4, -0.2) is 28.1 Å². The van der Waals surface area contributed by atoms with E-state index in [4.69, 9.17) is 38.4 Å². The average Bonchev–Trinajstić information content (AvgIpc) is 2.61. The third-order valence-corrected chi connectivity index (χ3v) is 2.95. The third kappa shape index (κ3) is 6.96. The van der Waals surface area contributed by atoms with Gasteiger partial charge in [-0.2, -0.15) is 0 Å². The molecule has 10 heteroatoms. The van der Waals surface area contributed by atoms with Crippen molar-refractivity contribution in [2.24, 2.45) is 0 Å². The Bertz CT molecular complexity index is 787. The number of halogens is 2. The van der Waals surface area contributed by atoms with Crippen molar-refractivity contribution in [2.75, 3.05) is 18.9 Å². The molecule has 0 aliphatic rings. The van der Waals surface area contributed by atoms with Gasteiger partial charge >= 0.3 is 5.82 Å². The van der Waals surface area contributed by atoms with Crippen LogP contribution in [0.2, 0.25) is 10.0 Å². The van der Waals surface area contributed by atoms with Crippen LogP contribution in [0.3, 0.4) is 0 Å². The average molecular weight is 399 g/mol. The number of aromatic nitrogens is 2. The van der Waals surface area contributed by atoms with Gasteiger partial charge in [0.25, 0.3) is 0 Å². The van der Waals surface area contributed by atoms with Crippen LogP contribution in [0.1, 0.15) is 0 Å². The minimum absolute atomic E-state index is 0.0439. The first-order valence-corrected chi connectivity index (χ1v) is 7.83. The standard InChI is InChI=1S/C8H7ClN2O3.C8H9ClN2O/c1-2-3-14-7-4-6(9)5-10-8(7)11(12)13;1-2-3-12-7-4-6(9)5-11-8(7)10/h2,4-5H,1,3H2;2,4-5H,1,3H2,(H2,10,11). The zero-order valence-electron chi connectivity index (χ0n) is 13.6. The van der Waals surface area contributed by atoms with E-state index in [-0.39, 0.29) is 23.2 Å². The summed E-state index contributed by atoms with van der Waals surface area (Å²) in [5, 5.41) is 11.3. The second-order valence-electron chi connectivity index (χ2n) is 4.47. The van der Waals surface area contributed by atoms with Crippen LogP contribution in [0, 0.1) is 10.1 Å². The molecule has 0 radical (unpaired) electrons. The number of nitrogen functional groups attached to an aromatic ring is 1. The zero-order chi connectivity index (χ0) is 19.5. The number of anilines is 1. The molecule has 0 fully saturated rings. The number of nitrogens with two attached hydrogens (primary N) is 1. The van der Waals surface area contributed by atoms with Gasteiger partial charge in [-0.25, -0.2) is 4.98 Å². The summed E-state index contributed by atoms with van der Waals surface area (Å²) in [6, 6.07) is 2.96. The van der Waals surface area contributed by atoms with Gasteiger partial charge in [-0.3, -0.25) is 0 Å². The SMILES string of the molecule is C=CCOc1cc(Cl)cnc1N.C=CCOc1cc(Cl)cnc1[N+](=O)[O-]. The van der Waals surface area contributed by atoms with Gasteiger partial charge in [-0.05, 0) is 9.91 Å². The second kappa shape index (κ2) is 10.9. The molecule has 2 rings (SSSR count). The maximum Gasteiger partial charge on any atom is 0.406 e. The van der Waals surface area contributed by atoms with Crippen LogP contribution in [0.5, 0.6) is 11.5 Å². The van der Waals surface area contributed by atoms with Crippen molar-refractivity contribution in [2.45, 2.75) is 0 Å².